The Kier molecular flexibility index (Phi) is 31.9. The first-order valence-corrected chi connectivity index (χ1v) is 19.9. The first-order chi connectivity index (χ1) is 24.4. The van der Waals surface area contributed by atoms with E-state index in [1.807, 2.05) is 0 Å². The lowest BCUT2D eigenvalue weighted by atomic mass is 9.97. The van der Waals surface area contributed by atoms with Gasteiger partial charge in [-0.25, -0.2) is 0 Å². The molecular weight excluding hydrogens is 646 g/mol. The smallest absolute Gasteiger partial charge is 0.217 e. The van der Waals surface area contributed by atoms with Crippen LogP contribution in [0.15, 0.2) is 0 Å². The van der Waals surface area contributed by atoms with Crippen molar-refractivity contribution in [2.75, 3.05) is 66.1 Å². The van der Waals surface area contributed by atoms with E-state index in [-0.39, 0.29) is 13.2 Å². The van der Waals surface area contributed by atoms with Crippen LogP contribution in [0.5, 0.6) is 0 Å². The van der Waals surface area contributed by atoms with Gasteiger partial charge in [-0.05, 0) is 12.8 Å². The number of hydrogen-bond acceptors (Lipinski definition) is 11. The molecular formula is C38H75NO11. The average Bonchev–Trinajstić information content (AvgIpc) is 3.11. The van der Waals surface area contributed by atoms with E-state index in [0.717, 1.165) is 19.4 Å². The predicted octanol–water partition coefficient (Wildman–Crippen LogP) is 5.42. The Balaban J connectivity index is 2.22. The highest BCUT2D eigenvalue weighted by Gasteiger charge is 2.45. The Morgan fingerprint density at radius 2 is 1.10 bits per heavy atom. The van der Waals surface area contributed by atoms with Crippen molar-refractivity contribution in [3.05, 3.63) is 0 Å². The molecule has 298 valence electrons. The van der Waals surface area contributed by atoms with E-state index < -0.39 is 49.4 Å². The fraction of sp³-hybridized carbons (Fsp3) is 0.974. The van der Waals surface area contributed by atoms with E-state index in [4.69, 9.17) is 33.2 Å². The largest absolute Gasteiger partial charge is 0.394 e. The van der Waals surface area contributed by atoms with Crippen LogP contribution in [0, 0.1) is 0 Å². The van der Waals surface area contributed by atoms with E-state index in [1.54, 1.807) is 0 Å². The molecule has 0 aliphatic carbocycles. The molecule has 0 saturated carbocycles. The second-order valence-electron chi connectivity index (χ2n) is 13.4. The van der Waals surface area contributed by atoms with Gasteiger partial charge in [-0.2, -0.15) is 0 Å². The lowest BCUT2D eigenvalue weighted by Gasteiger charge is -2.42. The number of carbonyl (C=O) groups is 1. The molecule has 50 heavy (non-hydrogen) atoms. The van der Waals surface area contributed by atoms with Crippen molar-refractivity contribution in [3.8, 4) is 0 Å². The molecule has 4 N–H and O–H groups in total. The van der Waals surface area contributed by atoms with Crippen LogP contribution in [-0.4, -0.2) is 124 Å². The summed E-state index contributed by atoms with van der Waals surface area (Å²) in [6.45, 7) is 8.93. The number of ether oxygens (including phenoxy) is 7. The summed E-state index contributed by atoms with van der Waals surface area (Å²) in [5.74, 6) is -0.406. The normalized spacial score (nSPS) is 21.4. The Morgan fingerprint density at radius 1 is 0.620 bits per heavy atom. The van der Waals surface area contributed by atoms with Gasteiger partial charge in [0.2, 0.25) is 5.91 Å². The van der Waals surface area contributed by atoms with Crippen molar-refractivity contribution in [2.45, 2.75) is 173 Å². The summed E-state index contributed by atoms with van der Waals surface area (Å²) in [6.07, 6.45) is 17.8. The Morgan fingerprint density at radius 3 is 1.64 bits per heavy atom. The van der Waals surface area contributed by atoms with Crippen LogP contribution in [-0.2, 0) is 38.0 Å². The van der Waals surface area contributed by atoms with Gasteiger partial charge in [0.25, 0.3) is 0 Å². The van der Waals surface area contributed by atoms with Gasteiger partial charge in [0, 0.05) is 20.1 Å². The average molecular weight is 722 g/mol. The monoisotopic (exact) mass is 722 g/mol. The van der Waals surface area contributed by atoms with Crippen molar-refractivity contribution in [1.29, 1.82) is 0 Å². The maximum absolute atomic E-state index is 11.5. The van der Waals surface area contributed by atoms with E-state index in [9.17, 15) is 20.1 Å². The second-order valence-corrected chi connectivity index (χ2v) is 13.4. The number of nitrogens with one attached hydrogen (secondary N) is 1. The third-order valence-corrected chi connectivity index (χ3v) is 8.86. The summed E-state index contributed by atoms with van der Waals surface area (Å²) in [5, 5.41) is 32.4. The van der Waals surface area contributed by atoms with Crippen molar-refractivity contribution < 1.29 is 53.3 Å². The van der Waals surface area contributed by atoms with Crippen LogP contribution in [0.1, 0.15) is 136 Å². The van der Waals surface area contributed by atoms with Crippen LogP contribution >= 0.6 is 0 Å². The zero-order chi connectivity index (χ0) is 36.5. The number of hydrogen-bond donors (Lipinski definition) is 4. The van der Waals surface area contributed by atoms with Crippen molar-refractivity contribution in [3.63, 3.8) is 0 Å². The molecule has 1 amide bonds. The van der Waals surface area contributed by atoms with Crippen LogP contribution < -0.4 is 5.32 Å². The van der Waals surface area contributed by atoms with Gasteiger partial charge in [-0.15, -0.1) is 0 Å². The quantitative estimate of drug-likeness (QED) is 0.0485. The van der Waals surface area contributed by atoms with Gasteiger partial charge < -0.3 is 53.8 Å². The molecule has 0 aromatic rings. The summed E-state index contributed by atoms with van der Waals surface area (Å²) in [7, 11) is 0. The fourth-order valence-electron chi connectivity index (χ4n) is 5.86. The summed E-state index contributed by atoms with van der Waals surface area (Å²) in [5.41, 5.74) is 0. The lowest BCUT2D eigenvalue weighted by molar-refractivity contribution is -0.272. The molecule has 12 nitrogen and oxygen atoms in total. The number of aliphatic hydroxyl groups excluding tert-OH is 3. The van der Waals surface area contributed by atoms with Crippen LogP contribution in [0.25, 0.3) is 0 Å². The minimum atomic E-state index is -1.35. The molecule has 12 heteroatoms. The van der Waals surface area contributed by atoms with Gasteiger partial charge in [0.15, 0.2) is 12.6 Å². The van der Waals surface area contributed by atoms with E-state index >= 15 is 0 Å². The zero-order valence-electron chi connectivity index (χ0n) is 31.9. The maximum Gasteiger partial charge on any atom is 0.217 e. The fourth-order valence-corrected chi connectivity index (χ4v) is 5.86. The Bertz CT molecular complexity index is 750. The topological polar surface area (TPSA) is 154 Å². The summed E-state index contributed by atoms with van der Waals surface area (Å²) in [6, 6.07) is -0.980. The van der Waals surface area contributed by atoms with E-state index in [0.29, 0.717) is 39.6 Å². The molecule has 1 unspecified atom stereocenters. The first-order valence-electron chi connectivity index (χ1n) is 19.9. The number of amides is 1. The van der Waals surface area contributed by atoms with Crippen LogP contribution in [0.2, 0.25) is 0 Å². The SMILES string of the molecule is CCCCCCCCCCCOCC(OCCCCCCCCCCC)OCCOCCOCCO[C@@H]1O[C@H](CO)[C@@H](O)[C@H](O)[C@H]1NC(C)=O. The van der Waals surface area contributed by atoms with Gasteiger partial charge in [-0.1, -0.05) is 117 Å². The molecule has 1 aliphatic heterocycles. The van der Waals surface area contributed by atoms with Gasteiger partial charge in [0.05, 0.1) is 52.9 Å². The Labute approximate surface area is 303 Å². The predicted molar refractivity (Wildman–Crippen MR) is 194 cm³/mol. The highest BCUT2D eigenvalue weighted by Crippen LogP contribution is 2.22. The van der Waals surface area contributed by atoms with E-state index in [1.165, 1.54) is 110 Å². The van der Waals surface area contributed by atoms with Crippen LogP contribution in [0.3, 0.4) is 0 Å². The highest BCUT2D eigenvalue weighted by molar-refractivity contribution is 5.73. The van der Waals surface area contributed by atoms with Gasteiger partial charge in [-0.3, -0.25) is 4.79 Å². The molecule has 0 spiro atoms. The van der Waals surface area contributed by atoms with Crippen LogP contribution in [0.4, 0.5) is 0 Å². The molecule has 0 radical (unpaired) electrons. The number of unbranched alkanes of at least 4 members (excludes halogenated alkanes) is 16. The number of aliphatic hydroxyl groups is 3. The molecule has 1 aliphatic rings. The summed E-state index contributed by atoms with van der Waals surface area (Å²) in [4.78, 5) is 11.5. The first kappa shape index (κ1) is 47.1. The van der Waals surface area contributed by atoms with Crippen molar-refractivity contribution in [1.82, 2.24) is 5.32 Å². The lowest BCUT2D eigenvalue weighted by Crippen LogP contribution is -2.64. The Hall–Kier alpha value is -0.930. The molecule has 1 saturated heterocycles. The zero-order valence-corrected chi connectivity index (χ0v) is 31.9. The molecule has 6 atom stereocenters. The highest BCUT2D eigenvalue weighted by atomic mass is 16.7. The minimum Gasteiger partial charge on any atom is -0.394 e. The molecule has 1 fully saturated rings. The standard InChI is InChI=1S/C38H75NO11/c1-4-6-8-10-12-14-16-18-20-22-46-31-34(47-23-21-19-17-15-13-11-9-7-5-2)48-28-26-44-24-25-45-27-29-49-38-35(39-32(3)41)37(43)36(42)33(30-40)50-38/h33-38,40,42-43H,4-31H2,1-3H3,(H,39,41)/t33-,34?,35-,36-,37-,38-/m1/s1. The summed E-state index contributed by atoms with van der Waals surface area (Å²) >= 11 is 0. The molecule has 0 bridgehead atoms. The van der Waals surface area contributed by atoms with Crippen molar-refractivity contribution in [2.24, 2.45) is 0 Å². The number of carbonyl (C=O) groups excluding carboxylic acids is 1. The second kappa shape index (κ2) is 33.9. The van der Waals surface area contributed by atoms with Gasteiger partial charge in [0.1, 0.15) is 24.4 Å². The molecule has 1 rings (SSSR count). The van der Waals surface area contributed by atoms with Crippen molar-refractivity contribution >= 4 is 5.91 Å². The minimum absolute atomic E-state index is 0.113. The molecule has 1 heterocycles. The molecule has 0 aromatic heterocycles. The molecule has 0 aromatic carbocycles. The van der Waals surface area contributed by atoms with E-state index in [2.05, 4.69) is 19.2 Å². The van der Waals surface area contributed by atoms with Gasteiger partial charge >= 0.3 is 0 Å². The number of rotatable bonds is 36. The summed E-state index contributed by atoms with van der Waals surface area (Å²) < 4.78 is 40.4. The third kappa shape index (κ3) is 25.1. The maximum atomic E-state index is 11.5. The third-order valence-electron chi connectivity index (χ3n) is 8.86.